The maximum atomic E-state index is 13.7. The molecule has 2 nitrogen and oxygen atoms in total. The summed E-state index contributed by atoms with van der Waals surface area (Å²) in [5.41, 5.74) is 1.38. The first-order chi connectivity index (χ1) is 9.63. The molecule has 0 unspecified atom stereocenters. The Morgan fingerprint density at radius 3 is 2.75 bits per heavy atom. The van der Waals surface area contributed by atoms with E-state index in [-0.39, 0.29) is 5.69 Å². The average Bonchev–Trinajstić information content (AvgIpc) is 2.84. The molecule has 5 heteroatoms. The highest BCUT2D eigenvalue weighted by atomic mass is 32.1. The van der Waals surface area contributed by atoms with Crippen molar-refractivity contribution in [3.63, 3.8) is 0 Å². The van der Waals surface area contributed by atoms with E-state index in [4.69, 9.17) is 0 Å². The molecule has 0 bridgehead atoms. The minimum atomic E-state index is -0.454. The van der Waals surface area contributed by atoms with Crippen LogP contribution in [-0.4, -0.2) is 4.98 Å². The van der Waals surface area contributed by atoms with Gasteiger partial charge in [0.15, 0.2) is 0 Å². The van der Waals surface area contributed by atoms with Crippen LogP contribution in [0.2, 0.25) is 0 Å². The molecule has 0 aliphatic rings. The van der Waals surface area contributed by atoms with Gasteiger partial charge in [-0.3, -0.25) is 0 Å². The van der Waals surface area contributed by atoms with Crippen LogP contribution in [0.5, 0.6) is 0 Å². The van der Waals surface area contributed by atoms with Crippen LogP contribution < -0.4 is 5.32 Å². The van der Waals surface area contributed by atoms with Gasteiger partial charge in [-0.25, -0.2) is 13.8 Å². The fourth-order valence-electron chi connectivity index (χ4n) is 1.95. The molecule has 3 rings (SSSR count). The molecule has 3 aromatic rings. The van der Waals surface area contributed by atoms with Crippen molar-refractivity contribution >= 4 is 27.2 Å². The molecule has 102 valence electrons. The Hall–Kier alpha value is -2.01. The zero-order valence-electron chi connectivity index (χ0n) is 10.8. The minimum Gasteiger partial charge on any atom is -0.376 e. The first-order valence-corrected chi connectivity index (χ1v) is 6.99. The molecule has 0 atom stereocenters. The molecule has 0 fully saturated rings. The summed E-state index contributed by atoms with van der Waals surface area (Å²) in [4.78, 5) is 4.44. The SMILES string of the molecule is Cc1cc(F)c(NCc2nc3ccccc3s2)cc1F. The summed E-state index contributed by atoms with van der Waals surface area (Å²) in [5, 5.41) is 3.73. The molecule has 2 aromatic carbocycles. The van der Waals surface area contributed by atoms with Crippen molar-refractivity contribution in [3.05, 3.63) is 58.6 Å². The molecule has 0 saturated carbocycles. The summed E-state index contributed by atoms with van der Waals surface area (Å²) in [7, 11) is 0. The smallest absolute Gasteiger partial charge is 0.146 e. The van der Waals surface area contributed by atoms with Gasteiger partial charge in [0.05, 0.1) is 22.4 Å². The molecule has 1 heterocycles. The number of rotatable bonds is 3. The molecule has 20 heavy (non-hydrogen) atoms. The van der Waals surface area contributed by atoms with Gasteiger partial charge >= 0.3 is 0 Å². The molecule has 1 N–H and O–H groups in total. The number of hydrogen-bond donors (Lipinski definition) is 1. The van der Waals surface area contributed by atoms with Crippen LogP contribution in [0, 0.1) is 18.6 Å². The van der Waals surface area contributed by atoms with Crippen LogP contribution in [0.25, 0.3) is 10.2 Å². The quantitative estimate of drug-likeness (QED) is 0.768. The van der Waals surface area contributed by atoms with Gasteiger partial charge in [-0.05, 0) is 30.7 Å². The van der Waals surface area contributed by atoms with Gasteiger partial charge in [-0.15, -0.1) is 11.3 Å². The van der Waals surface area contributed by atoms with Crippen LogP contribution >= 0.6 is 11.3 Å². The van der Waals surface area contributed by atoms with E-state index in [2.05, 4.69) is 10.3 Å². The predicted octanol–water partition coefficient (Wildman–Crippen LogP) is 4.50. The lowest BCUT2D eigenvalue weighted by Gasteiger charge is -2.07. The van der Waals surface area contributed by atoms with Crippen LogP contribution in [-0.2, 0) is 6.54 Å². The maximum absolute atomic E-state index is 13.7. The second-order valence-corrected chi connectivity index (χ2v) is 5.63. The Morgan fingerprint density at radius 1 is 1.15 bits per heavy atom. The second kappa shape index (κ2) is 5.17. The zero-order chi connectivity index (χ0) is 14.1. The molecular formula is C15H12F2N2S. The Balaban J connectivity index is 1.81. The van der Waals surface area contributed by atoms with Crippen LogP contribution in [0.15, 0.2) is 36.4 Å². The highest BCUT2D eigenvalue weighted by Crippen LogP contribution is 2.24. The number of nitrogens with zero attached hydrogens (tertiary/aromatic N) is 1. The van der Waals surface area contributed by atoms with E-state index < -0.39 is 11.6 Å². The van der Waals surface area contributed by atoms with E-state index in [9.17, 15) is 8.78 Å². The van der Waals surface area contributed by atoms with Crippen molar-refractivity contribution < 1.29 is 8.78 Å². The highest BCUT2D eigenvalue weighted by Gasteiger charge is 2.08. The fraction of sp³-hybridized carbons (Fsp3) is 0.133. The summed E-state index contributed by atoms with van der Waals surface area (Å²) in [6, 6.07) is 10.2. The number of nitrogens with one attached hydrogen (secondary N) is 1. The first kappa shape index (κ1) is 13.0. The maximum Gasteiger partial charge on any atom is 0.146 e. The Labute approximate surface area is 119 Å². The molecular weight excluding hydrogens is 278 g/mol. The first-order valence-electron chi connectivity index (χ1n) is 6.17. The number of para-hydroxylation sites is 1. The van der Waals surface area contributed by atoms with Gasteiger partial charge in [0.2, 0.25) is 0 Å². The van der Waals surface area contributed by atoms with Gasteiger partial charge in [0, 0.05) is 6.07 Å². The fourth-order valence-corrected chi connectivity index (χ4v) is 2.86. The van der Waals surface area contributed by atoms with E-state index in [1.807, 2.05) is 24.3 Å². The van der Waals surface area contributed by atoms with E-state index in [0.717, 1.165) is 15.2 Å². The summed E-state index contributed by atoms with van der Waals surface area (Å²) in [6.45, 7) is 1.91. The van der Waals surface area contributed by atoms with Crippen molar-refractivity contribution in [2.45, 2.75) is 13.5 Å². The third kappa shape index (κ3) is 2.49. The number of aryl methyl sites for hydroxylation is 1. The molecule has 0 amide bonds. The monoisotopic (exact) mass is 290 g/mol. The molecule has 0 radical (unpaired) electrons. The Bertz CT molecular complexity index is 735. The van der Waals surface area contributed by atoms with E-state index in [0.29, 0.717) is 12.1 Å². The Kier molecular flexibility index (Phi) is 3.36. The van der Waals surface area contributed by atoms with E-state index in [1.165, 1.54) is 30.4 Å². The second-order valence-electron chi connectivity index (χ2n) is 4.51. The van der Waals surface area contributed by atoms with Crippen LogP contribution in [0.3, 0.4) is 0 Å². The number of anilines is 1. The van der Waals surface area contributed by atoms with E-state index >= 15 is 0 Å². The highest BCUT2D eigenvalue weighted by molar-refractivity contribution is 7.18. The third-order valence-corrected chi connectivity index (χ3v) is 4.05. The van der Waals surface area contributed by atoms with Gasteiger partial charge in [0.25, 0.3) is 0 Å². The largest absolute Gasteiger partial charge is 0.376 e. The van der Waals surface area contributed by atoms with E-state index in [1.54, 1.807) is 0 Å². The normalized spacial score (nSPS) is 10.9. The summed E-state index contributed by atoms with van der Waals surface area (Å²) in [6.07, 6.45) is 0. The topological polar surface area (TPSA) is 24.9 Å². The van der Waals surface area contributed by atoms with Crippen LogP contribution in [0.4, 0.5) is 14.5 Å². The lowest BCUT2D eigenvalue weighted by molar-refractivity contribution is 0.594. The van der Waals surface area contributed by atoms with Gasteiger partial charge in [0.1, 0.15) is 16.6 Å². The lowest BCUT2D eigenvalue weighted by atomic mass is 10.2. The number of hydrogen-bond acceptors (Lipinski definition) is 3. The number of aromatic nitrogens is 1. The van der Waals surface area contributed by atoms with Crippen molar-refractivity contribution in [2.24, 2.45) is 0 Å². The Morgan fingerprint density at radius 2 is 1.95 bits per heavy atom. The van der Waals surface area contributed by atoms with Crippen molar-refractivity contribution in [3.8, 4) is 0 Å². The van der Waals surface area contributed by atoms with Crippen molar-refractivity contribution in [1.82, 2.24) is 4.98 Å². The predicted molar refractivity (Wildman–Crippen MR) is 78.0 cm³/mol. The molecule has 1 aromatic heterocycles. The molecule has 0 spiro atoms. The minimum absolute atomic E-state index is 0.160. The third-order valence-electron chi connectivity index (χ3n) is 3.02. The van der Waals surface area contributed by atoms with Crippen molar-refractivity contribution in [2.75, 3.05) is 5.32 Å². The summed E-state index contributed by atoms with van der Waals surface area (Å²) in [5.74, 6) is -0.872. The number of thiazole rings is 1. The molecule has 0 saturated heterocycles. The average molecular weight is 290 g/mol. The van der Waals surface area contributed by atoms with Crippen LogP contribution in [0.1, 0.15) is 10.6 Å². The zero-order valence-corrected chi connectivity index (χ0v) is 11.6. The molecule has 0 aliphatic heterocycles. The number of benzene rings is 2. The van der Waals surface area contributed by atoms with Gasteiger partial charge < -0.3 is 5.32 Å². The number of halogens is 2. The molecule has 0 aliphatic carbocycles. The van der Waals surface area contributed by atoms with Gasteiger partial charge in [-0.2, -0.15) is 0 Å². The number of fused-ring (bicyclic) bond motifs is 1. The van der Waals surface area contributed by atoms with Crippen molar-refractivity contribution in [1.29, 1.82) is 0 Å². The lowest BCUT2D eigenvalue weighted by Crippen LogP contribution is -2.02. The summed E-state index contributed by atoms with van der Waals surface area (Å²) < 4.78 is 28.2. The van der Waals surface area contributed by atoms with Gasteiger partial charge in [-0.1, -0.05) is 12.1 Å². The summed E-state index contributed by atoms with van der Waals surface area (Å²) >= 11 is 1.54. The standard InChI is InChI=1S/C15H12F2N2S/c1-9-6-11(17)13(7-10(9)16)18-8-15-19-12-4-2-3-5-14(12)20-15/h2-7,18H,8H2,1H3.